The SMILES string of the molecule is c1ccc(-c2ccc(N(c3ccc(-c4ccc(-n5c6ccc(-c7ccccc7)cc6c6c7ccccc7ccc65)cc4)cc3)c3ccc(-c4cccc(-c5cccc(-c6ccc(N(c7ccc(-c8ccccc8)cc7)c7ccc(-c8ccc(-n9c%10ccccc%10c%10cc(-c%11ccccc%11)c%11ccccc%11c%109)cc8)cc7)cc6)c5)c4)cc3)cc2)cc1. The molecule has 0 atom stereocenters. The maximum Gasteiger partial charge on any atom is 0.0619 e. The van der Waals surface area contributed by atoms with Crippen LogP contribution in [0.15, 0.2) is 473 Å². The van der Waals surface area contributed by atoms with Crippen LogP contribution in [0.5, 0.6) is 0 Å². The molecule has 0 N–H and O–H groups in total. The molecule has 562 valence electrons. The Morgan fingerprint density at radius 1 is 0.150 bits per heavy atom. The molecule has 0 aliphatic heterocycles. The summed E-state index contributed by atoms with van der Waals surface area (Å²) in [5, 5.41) is 9.98. The van der Waals surface area contributed by atoms with E-state index in [1.165, 1.54) is 110 Å². The van der Waals surface area contributed by atoms with Gasteiger partial charge in [0.05, 0.1) is 22.1 Å². The fourth-order valence-corrected chi connectivity index (χ4v) is 18.2. The van der Waals surface area contributed by atoms with Crippen LogP contribution < -0.4 is 9.80 Å². The van der Waals surface area contributed by atoms with Crippen molar-refractivity contribution in [3.63, 3.8) is 0 Å². The third-order valence-corrected chi connectivity index (χ3v) is 24.1. The number of fused-ring (bicyclic) bond motifs is 10. The van der Waals surface area contributed by atoms with Crippen molar-refractivity contribution in [1.29, 1.82) is 0 Å². The zero-order chi connectivity index (χ0) is 79.4. The molecule has 0 bridgehead atoms. The molecule has 0 spiro atoms. The van der Waals surface area contributed by atoms with Crippen molar-refractivity contribution in [3.8, 4) is 112 Å². The van der Waals surface area contributed by atoms with Crippen molar-refractivity contribution in [1.82, 2.24) is 9.13 Å². The van der Waals surface area contributed by atoms with Crippen LogP contribution in [-0.2, 0) is 0 Å². The third kappa shape index (κ3) is 13.0. The smallest absolute Gasteiger partial charge is 0.0619 e. The fraction of sp³-hybridized carbons (Fsp3) is 0. The zero-order valence-electron chi connectivity index (χ0n) is 65.8. The van der Waals surface area contributed by atoms with E-state index >= 15 is 0 Å². The summed E-state index contributed by atoms with van der Waals surface area (Å²) in [6, 6.07) is 173. The largest absolute Gasteiger partial charge is 0.311 e. The average molecular weight is 1530 g/mol. The van der Waals surface area contributed by atoms with Crippen molar-refractivity contribution < 1.29 is 0 Å². The Bertz CT molecular complexity index is 7530. The average Bonchev–Trinajstić information content (AvgIpc) is 1.56. The van der Waals surface area contributed by atoms with E-state index in [1.54, 1.807) is 0 Å². The van der Waals surface area contributed by atoms with E-state index in [0.29, 0.717) is 0 Å². The van der Waals surface area contributed by atoms with Crippen LogP contribution in [0, 0.1) is 0 Å². The second-order valence-corrected chi connectivity index (χ2v) is 31.1. The van der Waals surface area contributed by atoms with E-state index in [-0.39, 0.29) is 0 Å². The first-order valence-electron chi connectivity index (χ1n) is 41.2. The molecule has 22 rings (SSSR count). The number of nitrogens with zero attached hydrogens (tertiary/aromatic N) is 4. The first-order valence-corrected chi connectivity index (χ1v) is 41.2. The zero-order valence-corrected chi connectivity index (χ0v) is 65.8. The monoisotopic (exact) mass is 1530 g/mol. The number of hydrogen-bond acceptors (Lipinski definition) is 2. The molecular weight excluding hydrogens is 1450 g/mol. The summed E-state index contributed by atoms with van der Waals surface area (Å²) in [4.78, 5) is 4.73. The molecule has 0 unspecified atom stereocenters. The minimum absolute atomic E-state index is 1.07. The number of para-hydroxylation sites is 1. The summed E-state index contributed by atoms with van der Waals surface area (Å²) in [5.74, 6) is 0. The second kappa shape index (κ2) is 30.4. The molecule has 4 nitrogen and oxygen atoms in total. The van der Waals surface area contributed by atoms with Gasteiger partial charge in [-0.2, -0.15) is 0 Å². The molecule has 0 fully saturated rings. The molecule has 22 aromatic rings. The van der Waals surface area contributed by atoms with Crippen LogP contribution in [0.4, 0.5) is 34.1 Å². The van der Waals surface area contributed by atoms with E-state index in [2.05, 4.69) is 492 Å². The third-order valence-electron chi connectivity index (χ3n) is 24.1. The highest BCUT2D eigenvalue weighted by molar-refractivity contribution is 6.23. The molecule has 4 heteroatoms. The van der Waals surface area contributed by atoms with Gasteiger partial charge in [0, 0.05) is 72.4 Å². The van der Waals surface area contributed by atoms with Gasteiger partial charge in [0.15, 0.2) is 0 Å². The first kappa shape index (κ1) is 70.7. The molecule has 0 amide bonds. The number of anilines is 6. The standard InChI is InChI=1S/C116H78N4/c1-5-21-79(22-6-1)82-39-57-97(58-40-82)117(99-61-43-84(44-62-99)86-47-69-103(70-48-86)119-113-73-56-96(81-25-9-3-10-26-81)77-111(113)115-105-34-14-13-29-91(105)55-74-114(115)119)101-65-51-88(52-66-101)92-30-19-32-94(75-92)95-33-20-31-93(76-95)89-53-67-102(68-54-89)118(98-59-41-83(42-60-98)80-23-7-2-8-24-80)100-63-45-85(46-64-100)87-49-71-104(72-50-87)120-112-38-18-17-36-107(112)110-78-109(90-27-11-4-12-28-90)106-35-15-16-37-108(106)116(110)120/h1-78H. The molecule has 120 heavy (non-hydrogen) atoms. The van der Waals surface area contributed by atoms with Crippen molar-refractivity contribution in [3.05, 3.63) is 473 Å². The van der Waals surface area contributed by atoms with Gasteiger partial charge in [-0.15, -0.1) is 0 Å². The molecular formula is C116H78N4. The van der Waals surface area contributed by atoms with E-state index in [4.69, 9.17) is 0 Å². The van der Waals surface area contributed by atoms with Gasteiger partial charge >= 0.3 is 0 Å². The molecule has 2 heterocycles. The quantitative estimate of drug-likeness (QED) is 0.0903. The van der Waals surface area contributed by atoms with Crippen LogP contribution in [-0.4, -0.2) is 9.13 Å². The van der Waals surface area contributed by atoms with Gasteiger partial charge in [-0.3, -0.25) is 0 Å². The van der Waals surface area contributed by atoms with Crippen molar-refractivity contribution >= 4 is 99.3 Å². The van der Waals surface area contributed by atoms with E-state index in [0.717, 1.165) is 101 Å². The molecule has 0 radical (unpaired) electrons. The van der Waals surface area contributed by atoms with Crippen molar-refractivity contribution in [2.24, 2.45) is 0 Å². The summed E-state index contributed by atoms with van der Waals surface area (Å²) in [6.45, 7) is 0. The van der Waals surface area contributed by atoms with E-state index in [9.17, 15) is 0 Å². The number of rotatable bonds is 17. The van der Waals surface area contributed by atoms with Crippen molar-refractivity contribution in [2.75, 3.05) is 9.80 Å². The summed E-state index contributed by atoms with van der Waals surface area (Å²) >= 11 is 0. The second-order valence-electron chi connectivity index (χ2n) is 31.1. The van der Waals surface area contributed by atoms with Gasteiger partial charge in [0.1, 0.15) is 0 Å². The Hall–Kier alpha value is -15.9. The Labute approximate surface area is 698 Å². The van der Waals surface area contributed by atoms with E-state index < -0.39 is 0 Å². The lowest BCUT2D eigenvalue weighted by atomic mass is 9.95. The molecule has 0 aliphatic carbocycles. The van der Waals surface area contributed by atoms with Gasteiger partial charge in [0.25, 0.3) is 0 Å². The maximum absolute atomic E-state index is 2.45. The lowest BCUT2D eigenvalue weighted by Gasteiger charge is -2.26. The minimum atomic E-state index is 1.07. The molecule has 0 saturated heterocycles. The first-order chi connectivity index (χ1) is 59.5. The Balaban J connectivity index is 0.534. The predicted octanol–water partition coefficient (Wildman–Crippen LogP) is 32.1. The Morgan fingerprint density at radius 2 is 0.442 bits per heavy atom. The number of benzene rings is 20. The van der Waals surface area contributed by atoms with Crippen LogP contribution in [0.2, 0.25) is 0 Å². The van der Waals surface area contributed by atoms with Gasteiger partial charge in [-0.1, -0.05) is 334 Å². The fourth-order valence-electron chi connectivity index (χ4n) is 18.2. The number of aromatic nitrogens is 2. The van der Waals surface area contributed by atoms with E-state index in [1.807, 2.05) is 0 Å². The Kier molecular flexibility index (Phi) is 17.9. The van der Waals surface area contributed by atoms with Gasteiger partial charge in [0.2, 0.25) is 0 Å². The van der Waals surface area contributed by atoms with Crippen LogP contribution in [0.3, 0.4) is 0 Å². The summed E-state index contributed by atoms with van der Waals surface area (Å²) < 4.78 is 4.88. The predicted molar refractivity (Wildman–Crippen MR) is 508 cm³/mol. The van der Waals surface area contributed by atoms with Crippen molar-refractivity contribution in [2.45, 2.75) is 0 Å². The molecule has 0 aliphatic rings. The minimum Gasteiger partial charge on any atom is -0.311 e. The topological polar surface area (TPSA) is 16.3 Å². The van der Waals surface area contributed by atoms with Crippen LogP contribution in [0.25, 0.3) is 177 Å². The van der Waals surface area contributed by atoms with Gasteiger partial charge in [-0.25, -0.2) is 0 Å². The highest BCUT2D eigenvalue weighted by Crippen LogP contribution is 2.46. The lowest BCUT2D eigenvalue weighted by molar-refractivity contribution is 1.18. The highest BCUT2D eigenvalue weighted by Gasteiger charge is 2.23. The molecule has 2 aromatic heterocycles. The Morgan fingerprint density at radius 3 is 0.883 bits per heavy atom. The summed E-state index contributed by atoms with van der Waals surface area (Å²) in [6.07, 6.45) is 0. The van der Waals surface area contributed by atoms with Crippen LogP contribution in [0.1, 0.15) is 0 Å². The van der Waals surface area contributed by atoms with Crippen LogP contribution >= 0.6 is 0 Å². The normalized spacial score (nSPS) is 11.5. The lowest BCUT2D eigenvalue weighted by Crippen LogP contribution is -2.09. The highest BCUT2D eigenvalue weighted by atomic mass is 15.1. The molecule has 20 aromatic carbocycles. The number of hydrogen-bond donors (Lipinski definition) is 0. The maximum atomic E-state index is 2.45. The molecule has 0 saturated carbocycles. The summed E-state index contributed by atoms with van der Waals surface area (Å²) in [7, 11) is 0. The van der Waals surface area contributed by atoms with Gasteiger partial charge < -0.3 is 18.9 Å². The summed E-state index contributed by atoms with van der Waals surface area (Å²) in [5.41, 5.74) is 34.6. The van der Waals surface area contributed by atoms with Gasteiger partial charge in [-0.05, 0) is 256 Å².